The maximum atomic E-state index is 11.3. The number of nitrogens with zero attached hydrogens (tertiary/aromatic N) is 2. The number of rotatable bonds is 20. The number of hydrogen-bond donors (Lipinski definition) is 1. The Labute approximate surface area is 200 Å². The summed E-state index contributed by atoms with van der Waals surface area (Å²) in [5, 5.41) is 11.3. The quantitative estimate of drug-likeness (QED) is 0.0887. The van der Waals surface area contributed by atoms with Crippen LogP contribution in [0.1, 0.15) is 110 Å². The molecule has 0 spiro atoms. The van der Waals surface area contributed by atoms with E-state index < -0.39 is 19.9 Å². The summed E-state index contributed by atoms with van der Waals surface area (Å²) < 4.78 is 31.6. The predicted octanol–water partition coefficient (Wildman–Crippen LogP) is 7.54. The number of nitro groups is 1. The van der Waals surface area contributed by atoms with E-state index in [0.717, 1.165) is 25.3 Å². The summed E-state index contributed by atoms with van der Waals surface area (Å²) >= 11 is 0. The maximum absolute atomic E-state index is 11.3. The average molecular weight is 485 g/mol. The number of unbranched alkanes of at least 4 members (excludes halogenated alkanes) is 15. The van der Waals surface area contributed by atoms with E-state index in [9.17, 15) is 18.5 Å². The minimum atomic E-state index is -4.47. The van der Waals surface area contributed by atoms with Crippen molar-refractivity contribution in [2.24, 2.45) is 0 Å². The van der Waals surface area contributed by atoms with Gasteiger partial charge in [0.1, 0.15) is 10.6 Å². The molecule has 33 heavy (non-hydrogen) atoms. The molecule has 1 aromatic rings. The number of benzene rings is 1. The summed E-state index contributed by atoms with van der Waals surface area (Å²) in [4.78, 5) is 12.0. The highest BCUT2D eigenvalue weighted by Crippen LogP contribution is 2.30. The van der Waals surface area contributed by atoms with Gasteiger partial charge in [-0.05, 0) is 18.6 Å². The molecule has 1 aromatic carbocycles. The predicted molar refractivity (Wildman–Crippen MR) is 136 cm³/mol. The Bertz CT molecular complexity index is 783. The summed E-state index contributed by atoms with van der Waals surface area (Å²) in [6.45, 7) is 2.92. The van der Waals surface area contributed by atoms with Crippen LogP contribution >= 0.6 is 0 Å². The Morgan fingerprint density at radius 3 is 1.64 bits per heavy atom. The molecule has 0 heterocycles. The van der Waals surface area contributed by atoms with E-state index in [-0.39, 0.29) is 5.69 Å². The van der Waals surface area contributed by atoms with E-state index in [2.05, 4.69) is 6.92 Å². The first kappa shape index (κ1) is 29.4. The third kappa shape index (κ3) is 13.0. The van der Waals surface area contributed by atoms with Crippen molar-refractivity contribution < 1.29 is 17.9 Å². The smallest absolute Gasteiger partial charge is 0.294 e. The molecule has 0 fully saturated rings. The molecule has 0 radical (unpaired) electrons. The third-order valence-corrected chi connectivity index (χ3v) is 7.05. The van der Waals surface area contributed by atoms with Gasteiger partial charge in [-0.3, -0.25) is 14.7 Å². The van der Waals surface area contributed by atoms with Crippen LogP contribution in [0.5, 0.6) is 0 Å². The lowest BCUT2D eigenvalue weighted by molar-refractivity contribution is -0.384. The van der Waals surface area contributed by atoms with Gasteiger partial charge in [-0.2, -0.15) is 8.42 Å². The van der Waals surface area contributed by atoms with Gasteiger partial charge in [0.15, 0.2) is 0 Å². The molecule has 7 nitrogen and oxygen atoms in total. The van der Waals surface area contributed by atoms with E-state index in [1.54, 1.807) is 11.9 Å². The van der Waals surface area contributed by atoms with Crippen LogP contribution in [-0.4, -0.2) is 31.5 Å². The second kappa shape index (κ2) is 16.9. The molecule has 0 atom stereocenters. The molecule has 0 saturated heterocycles. The van der Waals surface area contributed by atoms with Crippen molar-refractivity contribution in [1.82, 2.24) is 0 Å². The fourth-order valence-corrected chi connectivity index (χ4v) is 4.65. The summed E-state index contributed by atoms with van der Waals surface area (Å²) in [5.74, 6) is 0. The lowest BCUT2D eigenvalue weighted by atomic mass is 10.0. The van der Waals surface area contributed by atoms with E-state index in [1.807, 2.05) is 0 Å². The Morgan fingerprint density at radius 1 is 0.818 bits per heavy atom. The standard InChI is InChI=1S/C25H44N2O5S/c1-3-4-5-6-7-8-9-10-11-12-13-14-15-16-17-18-21-26(2)24-20-19-23(33(30,31)32)22-25(24)27(28)29/h19-20,22H,3-18,21H2,1-2H3,(H,30,31,32). The second-order valence-corrected chi connectivity index (χ2v) is 10.5. The molecule has 8 heteroatoms. The van der Waals surface area contributed by atoms with Crippen molar-refractivity contribution in [3.8, 4) is 0 Å². The average Bonchev–Trinajstić information content (AvgIpc) is 2.77. The Kier molecular flexibility index (Phi) is 15.0. The zero-order valence-electron chi connectivity index (χ0n) is 20.6. The molecule has 1 N–H and O–H groups in total. The van der Waals surface area contributed by atoms with Gasteiger partial charge in [0.2, 0.25) is 0 Å². The minimum absolute atomic E-state index is 0.316. The fraction of sp³-hybridized carbons (Fsp3) is 0.760. The number of anilines is 1. The zero-order chi connectivity index (χ0) is 24.5. The lowest BCUT2D eigenvalue weighted by Crippen LogP contribution is -2.20. The van der Waals surface area contributed by atoms with Crippen molar-refractivity contribution in [3.05, 3.63) is 28.3 Å². The van der Waals surface area contributed by atoms with Crippen LogP contribution in [0.15, 0.2) is 23.1 Å². The molecule has 0 aliphatic rings. The van der Waals surface area contributed by atoms with E-state index in [4.69, 9.17) is 4.55 Å². The molecule has 1 rings (SSSR count). The zero-order valence-corrected chi connectivity index (χ0v) is 21.5. The van der Waals surface area contributed by atoms with Crippen LogP contribution < -0.4 is 4.90 Å². The summed E-state index contributed by atoms with van der Waals surface area (Å²) in [6, 6.07) is 3.49. The molecule has 0 bridgehead atoms. The molecule has 0 aliphatic carbocycles. The van der Waals surface area contributed by atoms with Gasteiger partial charge in [-0.25, -0.2) is 0 Å². The Balaban J connectivity index is 2.12. The van der Waals surface area contributed by atoms with Crippen molar-refractivity contribution in [1.29, 1.82) is 0 Å². The van der Waals surface area contributed by atoms with Crippen molar-refractivity contribution in [2.75, 3.05) is 18.5 Å². The summed E-state index contributed by atoms with van der Waals surface area (Å²) in [6.07, 6.45) is 20.7. The van der Waals surface area contributed by atoms with E-state index >= 15 is 0 Å². The van der Waals surface area contributed by atoms with Gasteiger partial charge in [0.25, 0.3) is 15.8 Å². The highest BCUT2D eigenvalue weighted by molar-refractivity contribution is 7.85. The van der Waals surface area contributed by atoms with Gasteiger partial charge >= 0.3 is 0 Å². The molecular formula is C25H44N2O5S. The summed E-state index contributed by atoms with van der Waals surface area (Å²) in [5.41, 5.74) is 0.0393. The van der Waals surface area contributed by atoms with Crippen molar-refractivity contribution in [2.45, 2.75) is 115 Å². The van der Waals surface area contributed by atoms with E-state index in [1.165, 1.54) is 95.6 Å². The Hall–Kier alpha value is -1.67. The lowest BCUT2D eigenvalue weighted by Gasteiger charge is -2.19. The first-order valence-electron chi connectivity index (χ1n) is 12.7. The van der Waals surface area contributed by atoms with Crippen LogP contribution in [0, 0.1) is 10.1 Å². The third-order valence-electron chi connectivity index (χ3n) is 6.20. The first-order chi connectivity index (χ1) is 15.8. The molecule has 190 valence electrons. The maximum Gasteiger partial charge on any atom is 0.294 e. The van der Waals surface area contributed by atoms with Crippen LogP contribution in [0.4, 0.5) is 11.4 Å². The monoisotopic (exact) mass is 484 g/mol. The largest absolute Gasteiger partial charge is 0.369 e. The molecule has 0 unspecified atom stereocenters. The van der Waals surface area contributed by atoms with Crippen molar-refractivity contribution >= 4 is 21.5 Å². The molecule has 0 saturated carbocycles. The topological polar surface area (TPSA) is 101 Å². The van der Waals surface area contributed by atoms with Gasteiger partial charge in [0, 0.05) is 19.7 Å². The first-order valence-corrected chi connectivity index (χ1v) is 14.2. The van der Waals surface area contributed by atoms with Crippen molar-refractivity contribution in [3.63, 3.8) is 0 Å². The highest BCUT2D eigenvalue weighted by atomic mass is 32.2. The van der Waals surface area contributed by atoms with Gasteiger partial charge < -0.3 is 4.90 Å². The van der Waals surface area contributed by atoms with Crippen LogP contribution in [0.3, 0.4) is 0 Å². The molecule has 0 amide bonds. The number of hydrogen-bond acceptors (Lipinski definition) is 5. The minimum Gasteiger partial charge on any atom is -0.369 e. The van der Waals surface area contributed by atoms with Crippen LogP contribution in [-0.2, 0) is 10.1 Å². The normalized spacial score (nSPS) is 11.6. The SMILES string of the molecule is CCCCCCCCCCCCCCCCCCN(C)c1ccc(S(=O)(=O)O)cc1[N+](=O)[O-]. The second-order valence-electron chi connectivity index (χ2n) is 9.11. The van der Waals surface area contributed by atoms with Crippen LogP contribution in [0.2, 0.25) is 0 Å². The Morgan fingerprint density at radius 2 is 1.24 bits per heavy atom. The van der Waals surface area contributed by atoms with Crippen LogP contribution in [0.25, 0.3) is 0 Å². The summed E-state index contributed by atoms with van der Waals surface area (Å²) in [7, 11) is -2.70. The van der Waals surface area contributed by atoms with Gasteiger partial charge in [0.05, 0.1) is 4.92 Å². The molecule has 0 aromatic heterocycles. The van der Waals surface area contributed by atoms with E-state index in [0.29, 0.717) is 12.2 Å². The molecule has 0 aliphatic heterocycles. The highest BCUT2D eigenvalue weighted by Gasteiger charge is 2.21. The fourth-order valence-electron chi connectivity index (χ4n) is 4.15. The number of nitro benzene ring substituents is 1. The van der Waals surface area contributed by atoms with Gasteiger partial charge in [-0.15, -0.1) is 0 Å². The van der Waals surface area contributed by atoms with Gasteiger partial charge in [-0.1, -0.05) is 103 Å². The molecular weight excluding hydrogens is 440 g/mol.